The summed E-state index contributed by atoms with van der Waals surface area (Å²) in [6, 6.07) is 0.732. The Morgan fingerprint density at radius 2 is 2.00 bits per heavy atom. The molecular formula is C16H34N2. The van der Waals surface area contributed by atoms with Gasteiger partial charge in [-0.25, -0.2) is 0 Å². The molecule has 1 aliphatic heterocycles. The predicted molar refractivity (Wildman–Crippen MR) is 81.0 cm³/mol. The summed E-state index contributed by atoms with van der Waals surface area (Å²) in [6.45, 7) is 16.7. The number of likely N-dealkylation sites (tertiary alicyclic amines) is 1. The SMILES string of the molecule is CCNC(CC)CCCN1CCC(C(C)(C)C)C1. The van der Waals surface area contributed by atoms with Crippen LogP contribution in [0, 0.1) is 11.3 Å². The summed E-state index contributed by atoms with van der Waals surface area (Å²) in [5.41, 5.74) is 0.491. The maximum atomic E-state index is 3.57. The standard InChI is InChI=1S/C16H34N2/c1-6-15(17-7-2)9-8-11-18-12-10-14(13-18)16(3,4)5/h14-15,17H,6-13H2,1-5H3. The summed E-state index contributed by atoms with van der Waals surface area (Å²) >= 11 is 0. The van der Waals surface area contributed by atoms with Crippen LogP contribution in [0.25, 0.3) is 0 Å². The van der Waals surface area contributed by atoms with Gasteiger partial charge in [-0.3, -0.25) is 0 Å². The molecule has 0 saturated carbocycles. The zero-order valence-corrected chi connectivity index (χ0v) is 13.3. The topological polar surface area (TPSA) is 15.3 Å². The highest BCUT2D eigenvalue weighted by molar-refractivity contribution is 4.83. The molecule has 0 spiro atoms. The average molecular weight is 254 g/mol. The summed E-state index contributed by atoms with van der Waals surface area (Å²) in [7, 11) is 0. The molecule has 2 atom stereocenters. The van der Waals surface area contributed by atoms with Crippen LogP contribution in [0.3, 0.4) is 0 Å². The molecule has 0 aliphatic carbocycles. The van der Waals surface area contributed by atoms with Gasteiger partial charge in [-0.1, -0.05) is 34.6 Å². The number of hydrogen-bond donors (Lipinski definition) is 1. The molecule has 2 nitrogen and oxygen atoms in total. The van der Waals surface area contributed by atoms with Crippen molar-refractivity contribution in [3.05, 3.63) is 0 Å². The largest absolute Gasteiger partial charge is 0.314 e. The number of nitrogens with zero attached hydrogens (tertiary/aromatic N) is 1. The van der Waals surface area contributed by atoms with E-state index < -0.39 is 0 Å². The molecule has 1 fully saturated rings. The Morgan fingerprint density at radius 1 is 1.28 bits per heavy atom. The Balaban J connectivity index is 2.18. The van der Waals surface area contributed by atoms with Crippen molar-refractivity contribution in [2.45, 2.75) is 66.3 Å². The van der Waals surface area contributed by atoms with Crippen molar-refractivity contribution in [1.82, 2.24) is 10.2 Å². The summed E-state index contributed by atoms with van der Waals surface area (Å²) in [4.78, 5) is 2.68. The summed E-state index contributed by atoms with van der Waals surface area (Å²) in [5.74, 6) is 0.897. The lowest BCUT2D eigenvalue weighted by molar-refractivity contribution is 0.226. The number of nitrogens with one attached hydrogen (secondary N) is 1. The average Bonchev–Trinajstić information content (AvgIpc) is 2.76. The van der Waals surface area contributed by atoms with E-state index in [4.69, 9.17) is 0 Å². The highest BCUT2D eigenvalue weighted by Gasteiger charge is 2.31. The van der Waals surface area contributed by atoms with E-state index in [1.54, 1.807) is 0 Å². The lowest BCUT2D eigenvalue weighted by atomic mass is 9.80. The molecule has 2 heteroatoms. The fraction of sp³-hybridized carbons (Fsp3) is 1.00. The molecule has 0 amide bonds. The molecular weight excluding hydrogens is 220 g/mol. The second kappa shape index (κ2) is 7.49. The van der Waals surface area contributed by atoms with Crippen molar-refractivity contribution in [1.29, 1.82) is 0 Å². The van der Waals surface area contributed by atoms with Crippen molar-refractivity contribution in [2.75, 3.05) is 26.2 Å². The van der Waals surface area contributed by atoms with Gasteiger partial charge in [0.05, 0.1) is 0 Å². The molecule has 1 rings (SSSR count). The van der Waals surface area contributed by atoms with E-state index in [-0.39, 0.29) is 0 Å². The van der Waals surface area contributed by atoms with E-state index in [0.717, 1.165) is 18.5 Å². The van der Waals surface area contributed by atoms with Gasteiger partial charge in [0, 0.05) is 12.6 Å². The Hall–Kier alpha value is -0.0800. The third kappa shape index (κ3) is 5.27. The minimum Gasteiger partial charge on any atom is -0.314 e. The van der Waals surface area contributed by atoms with Crippen LogP contribution in [0.5, 0.6) is 0 Å². The van der Waals surface area contributed by atoms with Crippen molar-refractivity contribution < 1.29 is 0 Å². The highest BCUT2D eigenvalue weighted by Crippen LogP contribution is 2.33. The molecule has 0 aromatic carbocycles. The van der Waals surface area contributed by atoms with Crippen molar-refractivity contribution in [2.24, 2.45) is 11.3 Å². The molecule has 1 saturated heterocycles. The van der Waals surface area contributed by atoms with Gasteiger partial charge in [0.25, 0.3) is 0 Å². The minimum absolute atomic E-state index is 0.491. The lowest BCUT2D eigenvalue weighted by Gasteiger charge is -2.27. The van der Waals surface area contributed by atoms with Crippen molar-refractivity contribution in [3.63, 3.8) is 0 Å². The third-order valence-corrected chi connectivity index (χ3v) is 4.51. The molecule has 0 aromatic heterocycles. The van der Waals surface area contributed by atoms with Crippen LogP contribution in [-0.4, -0.2) is 37.1 Å². The van der Waals surface area contributed by atoms with Gasteiger partial charge in [-0.2, -0.15) is 0 Å². The van der Waals surface area contributed by atoms with Crippen molar-refractivity contribution in [3.8, 4) is 0 Å². The predicted octanol–water partition coefficient (Wildman–Crippen LogP) is 3.52. The molecule has 1 aliphatic rings. The first-order valence-electron chi connectivity index (χ1n) is 7.93. The van der Waals surface area contributed by atoms with E-state index in [0.29, 0.717) is 5.41 Å². The third-order valence-electron chi connectivity index (χ3n) is 4.51. The second-order valence-corrected chi connectivity index (χ2v) is 6.96. The molecule has 0 aromatic rings. The van der Waals surface area contributed by atoms with Gasteiger partial charge in [0.2, 0.25) is 0 Å². The van der Waals surface area contributed by atoms with Gasteiger partial charge in [0.15, 0.2) is 0 Å². The zero-order valence-electron chi connectivity index (χ0n) is 13.3. The van der Waals surface area contributed by atoms with E-state index >= 15 is 0 Å². The van der Waals surface area contributed by atoms with Crippen LogP contribution in [0.4, 0.5) is 0 Å². The Kier molecular flexibility index (Phi) is 6.65. The Morgan fingerprint density at radius 3 is 2.50 bits per heavy atom. The van der Waals surface area contributed by atoms with Crippen LogP contribution in [-0.2, 0) is 0 Å². The maximum absolute atomic E-state index is 3.57. The lowest BCUT2D eigenvalue weighted by Crippen LogP contribution is -2.30. The molecule has 1 heterocycles. The highest BCUT2D eigenvalue weighted by atomic mass is 15.1. The summed E-state index contributed by atoms with van der Waals surface area (Å²) in [5, 5.41) is 3.57. The zero-order chi connectivity index (χ0) is 13.6. The number of hydrogen-bond acceptors (Lipinski definition) is 2. The van der Waals surface area contributed by atoms with Gasteiger partial charge >= 0.3 is 0 Å². The minimum atomic E-state index is 0.491. The first kappa shape index (κ1) is 16.0. The summed E-state index contributed by atoms with van der Waals surface area (Å²) < 4.78 is 0. The quantitative estimate of drug-likeness (QED) is 0.748. The normalized spacial score (nSPS) is 23.5. The fourth-order valence-corrected chi connectivity index (χ4v) is 3.04. The van der Waals surface area contributed by atoms with E-state index in [1.807, 2.05) is 0 Å². The number of rotatable bonds is 7. The van der Waals surface area contributed by atoms with Gasteiger partial charge in [-0.15, -0.1) is 0 Å². The molecule has 0 radical (unpaired) electrons. The van der Waals surface area contributed by atoms with Gasteiger partial charge < -0.3 is 10.2 Å². The Labute approximate surface area is 115 Å². The first-order chi connectivity index (χ1) is 8.47. The van der Waals surface area contributed by atoms with Crippen LogP contribution in [0.15, 0.2) is 0 Å². The molecule has 108 valence electrons. The van der Waals surface area contributed by atoms with E-state index in [2.05, 4.69) is 44.8 Å². The van der Waals surface area contributed by atoms with Crippen LogP contribution in [0.2, 0.25) is 0 Å². The smallest absolute Gasteiger partial charge is 0.00647 e. The maximum Gasteiger partial charge on any atom is 0.00647 e. The Bertz CT molecular complexity index is 220. The van der Waals surface area contributed by atoms with E-state index in [9.17, 15) is 0 Å². The monoisotopic (exact) mass is 254 g/mol. The molecule has 18 heavy (non-hydrogen) atoms. The molecule has 1 N–H and O–H groups in total. The molecule has 0 bridgehead atoms. The van der Waals surface area contributed by atoms with Gasteiger partial charge in [-0.05, 0) is 56.7 Å². The van der Waals surface area contributed by atoms with Crippen LogP contribution < -0.4 is 5.32 Å². The first-order valence-corrected chi connectivity index (χ1v) is 7.93. The molecule has 2 unspecified atom stereocenters. The van der Waals surface area contributed by atoms with Crippen LogP contribution in [0.1, 0.15) is 60.3 Å². The van der Waals surface area contributed by atoms with Crippen molar-refractivity contribution >= 4 is 0 Å². The fourth-order valence-electron chi connectivity index (χ4n) is 3.04. The summed E-state index contributed by atoms with van der Waals surface area (Å²) in [6.07, 6.45) is 5.34. The van der Waals surface area contributed by atoms with Gasteiger partial charge in [0.1, 0.15) is 0 Å². The van der Waals surface area contributed by atoms with Crippen LogP contribution >= 0.6 is 0 Å². The second-order valence-electron chi connectivity index (χ2n) is 6.96. The van der Waals surface area contributed by atoms with E-state index in [1.165, 1.54) is 45.3 Å².